The van der Waals surface area contributed by atoms with E-state index in [9.17, 15) is 9.59 Å². The van der Waals surface area contributed by atoms with Crippen LogP contribution in [0.25, 0.3) is 0 Å². The van der Waals surface area contributed by atoms with Gasteiger partial charge in [-0.3, -0.25) is 9.59 Å². The van der Waals surface area contributed by atoms with Gasteiger partial charge in [0.2, 0.25) is 11.8 Å². The molecule has 18 heavy (non-hydrogen) atoms. The average Bonchev–Trinajstić information content (AvgIpc) is 2.26. The molecule has 0 radical (unpaired) electrons. The van der Waals surface area contributed by atoms with Crippen LogP contribution in [0.4, 0.5) is 5.69 Å². The Kier molecular flexibility index (Phi) is 3.47. The molecule has 1 heterocycles. The molecule has 6 heteroatoms. The summed E-state index contributed by atoms with van der Waals surface area (Å²) in [6.07, 6.45) is 0. The zero-order chi connectivity index (χ0) is 13.1. The standard InChI is InChI=1S/C12H15N3O3/c1-18-10-3-2-7(11(13)16)4-9(10)15-12(17)8-5-14-6-8/h2-4,8,14H,5-6H2,1H3,(H2,13,16)(H,15,17). The summed E-state index contributed by atoms with van der Waals surface area (Å²) in [5, 5.41) is 5.77. The van der Waals surface area contributed by atoms with Crippen LogP contribution in [-0.2, 0) is 4.79 Å². The number of hydrogen-bond acceptors (Lipinski definition) is 4. The lowest BCUT2D eigenvalue weighted by Gasteiger charge is -2.26. The quantitative estimate of drug-likeness (QED) is 0.697. The Balaban J connectivity index is 2.20. The van der Waals surface area contributed by atoms with Crippen molar-refractivity contribution >= 4 is 17.5 Å². The normalized spacial score (nSPS) is 14.7. The highest BCUT2D eigenvalue weighted by Crippen LogP contribution is 2.26. The number of nitrogens with one attached hydrogen (secondary N) is 2. The molecule has 2 amide bonds. The number of nitrogens with two attached hydrogens (primary N) is 1. The number of amides is 2. The Labute approximate surface area is 104 Å². The van der Waals surface area contributed by atoms with Crippen LogP contribution in [0.1, 0.15) is 10.4 Å². The molecule has 0 unspecified atom stereocenters. The van der Waals surface area contributed by atoms with Crippen molar-refractivity contribution in [1.29, 1.82) is 0 Å². The minimum absolute atomic E-state index is 0.0352. The monoisotopic (exact) mass is 249 g/mol. The molecule has 96 valence electrons. The van der Waals surface area contributed by atoms with Crippen molar-refractivity contribution in [3.8, 4) is 5.75 Å². The molecule has 0 atom stereocenters. The van der Waals surface area contributed by atoms with Gasteiger partial charge in [0.05, 0.1) is 18.7 Å². The summed E-state index contributed by atoms with van der Waals surface area (Å²) in [5.41, 5.74) is 5.99. The predicted molar refractivity (Wildman–Crippen MR) is 66.5 cm³/mol. The summed E-state index contributed by atoms with van der Waals surface area (Å²) in [6, 6.07) is 4.68. The topological polar surface area (TPSA) is 93.4 Å². The number of ether oxygens (including phenoxy) is 1. The molecule has 0 bridgehead atoms. The molecule has 0 saturated carbocycles. The number of anilines is 1. The van der Waals surface area contributed by atoms with Crippen molar-refractivity contribution in [2.75, 3.05) is 25.5 Å². The summed E-state index contributed by atoms with van der Waals surface area (Å²) >= 11 is 0. The van der Waals surface area contributed by atoms with Gasteiger partial charge in [-0.1, -0.05) is 0 Å². The molecule has 1 fully saturated rings. The Hall–Kier alpha value is -2.08. The number of carbonyl (C=O) groups excluding carboxylic acids is 2. The minimum atomic E-state index is -0.543. The van der Waals surface area contributed by atoms with E-state index in [1.807, 2.05) is 0 Å². The zero-order valence-electron chi connectivity index (χ0n) is 10.0. The maximum absolute atomic E-state index is 11.8. The number of methoxy groups -OCH3 is 1. The van der Waals surface area contributed by atoms with Crippen molar-refractivity contribution in [2.45, 2.75) is 0 Å². The Bertz CT molecular complexity index is 483. The number of carbonyl (C=O) groups is 2. The van der Waals surface area contributed by atoms with Crippen LogP contribution < -0.4 is 21.1 Å². The van der Waals surface area contributed by atoms with Crippen LogP contribution >= 0.6 is 0 Å². The first-order valence-electron chi connectivity index (χ1n) is 5.61. The highest BCUT2D eigenvalue weighted by Gasteiger charge is 2.25. The number of benzene rings is 1. The third-order valence-corrected chi connectivity index (χ3v) is 2.89. The van der Waals surface area contributed by atoms with Crippen LogP contribution in [0.2, 0.25) is 0 Å². The summed E-state index contributed by atoms with van der Waals surface area (Å²) < 4.78 is 5.13. The molecule has 2 rings (SSSR count). The van der Waals surface area contributed by atoms with Gasteiger partial charge >= 0.3 is 0 Å². The molecule has 0 spiro atoms. The van der Waals surface area contributed by atoms with Gasteiger partial charge in [0, 0.05) is 18.7 Å². The average molecular weight is 249 g/mol. The van der Waals surface area contributed by atoms with Gasteiger partial charge in [-0.25, -0.2) is 0 Å². The van der Waals surface area contributed by atoms with E-state index in [4.69, 9.17) is 10.5 Å². The second kappa shape index (κ2) is 5.05. The van der Waals surface area contributed by atoms with Gasteiger partial charge in [-0.05, 0) is 18.2 Å². The van der Waals surface area contributed by atoms with E-state index < -0.39 is 5.91 Å². The van der Waals surface area contributed by atoms with E-state index >= 15 is 0 Å². The van der Waals surface area contributed by atoms with Gasteiger partial charge in [-0.15, -0.1) is 0 Å². The molecule has 0 aliphatic carbocycles. The van der Waals surface area contributed by atoms with Crippen molar-refractivity contribution in [1.82, 2.24) is 5.32 Å². The molecule has 6 nitrogen and oxygen atoms in total. The van der Waals surface area contributed by atoms with E-state index in [0.717, 1.165) is 0 Å². The molecule has 4 N–H and O–H groups in total. The third kappa shape index (κ3) is 2.43. The fraction of sp³-hybridized carbons (Fsp3) is 0.333. The summed E-state index contributed by atoms with van der Waals surface area (Å²) in [4.78, 5) is 22.9. The van der Waals surface area contributed by atoms with Crippen LogP contribution in [0.15, 0.2) is 18.2 Å². The van der Waals surface area contributed by atoms with Crippen molar-refractivity contribution in [2.24, 2.45) is 11.7 Å². The highest BCUT2D eigenvalue weighted by molar-refractivity contribution is 5.98. The molecule has 1 aromatic rings. The Morgan fingerprint density at radius 2 is 2.17 bits per heavy atom. The van der Waals surface area contributed by atoms with Crippen molar-refractivity contribution in [3.63, 3.8) is 0 Å². The first-order valence-corrected chi connectivity index (χ1v) is 5.61. The number of primary amides is 1. The number of rotatable bonds is 4. The summed E-state index contributed by atoms with van der Waals surface area (Å²) in [5.74, 6) is -0.167. The van der Waals surface area contributed by atoms with Crippen LogP contribution in [0, 0.1) is 5.92 Å². The predicted octanol–water partition coefficient (Wildman–Crippen LogP) is -0.0480. The summed E-state index contributed by atoms with van der Waals surface area (Å²) in [7, 11) is 1.50. The molecule has 1 saturated heterocycles. The fourth-order valence-corrected chi connectivity index (χ4v) is 1.67. The van der Waals surface area contributed by atoms with Crippen molar-refractivity contribution in [3.05, 3.63) is 23.8 Å². The molecular formula is C12H15N3O3. The number of hydrogen-bond donors (Lipinski definition) is 3. The lowest BCUT2D eigenvalue weighted by Crippen LogP contribution is -2.48. The smallest absolute Gasteiger partial charge is 0.248 e. The van der Waals surface area contributed by atoms with Gasteiger partial charge in [0.25, 0.3) is 0 Å². The fourth-order valence-electron chi connectivity index (χ4n) is 1.67. The minimum Gasteiger partial charge on any atom is -0.495 e. The van der Waals surface area contributed by atoms with E-state index in [2.05, 4.69) is 10.6 Å². The van der Waals surface area contributed by atoms with Gasteiger partial charge in [0.1, 0.15) is 5.75 Å². The van der Waals surface area contributed by atoms with E-state index in [0.29, 0.717) is 30.1 Å². The van der Waals surface area contributed by atoms with Gasteiger partial charge in [0.15, 0.2) is 0 Å². The second-order valence-electron chi connectivity index (χ2n) is 4.12. The van der Waals surface area contributed by atoms with E-state index in [1.165, 1.54) is 13.2 Å². The second-order valence-corrected chi connectivity index (χ2v) is 4.12. The van der Waals surface area contributed by atoms with Crippen LogP contribution in [0.3, 0.4) is 0 Å². The largest absolute Gasteiger partial charge is 0.495 e. The van der Waals surface area contributed by atoms with E-state index in [1.54, 1.807) is 12.1 Å². The lowest BCUT2D eigenvalue weighted by molar-refractivity contribution is -0.121. The van der Waals surface area contributed by atoms with Gasteiger partial charge < -0.3 is 21.1 Å². The third-order valence-electron chi connectivity index (χ3n) is 2.89. The maximum Gasteiger partial charge on any atom is 0.248 e. The molecule has 0 aromatic heterocycles. The van der Waals surface area contributed by atoms with Crippen LogP contribution in [-0.4, -0.2) is 32.0 Å². The summed E-state index contributed by atoms with van der Waals surface area (Å²) in [6.45, 7) is 1.34. The van der Waals surface area contributed by atoms with Crippen LogP contribution in [0.5, 0.6) is 5.75 Å². The molecule has 1 aliphatic rings. The van der Waals surface area contributed by atoms with Gasteiger partial charge in [-0.2, -0.15) is 0 Å². The maximum atomic E-state index is 11.8. The van der Waals surface area contributed by atoms with Crippen molar-refractivity contribution < 1.29 is 14.3 Å². The Morgan fingerprint density at radius 3 is 2.67 bits per heavy atom. The van der Waals surface area contributed by atoms with E-state index in [-0.39, 0.29) is 11.8 Å². The molecule has 1 aromatic carbocycles. The highest BCUT2D eigenvalue weighted by atomic mass is 16.5. The first-order chi connectivity index (χ1) is 8.61. The zero-order valence-corrected chi connectivity index (χ0v) is 10.0. The molecule has 1 aliphatic heterocycles. The SMILES string of the molecule is COc1ccc(C(N)=O)cc1NC(=O)C1CNC1. The first kappa shape index (κ1) is 12.4. The molecular weight excluding hydrogens is 234 g/mol. The lowest BCUT2D eigenvalue weighted by atomic mass is 10.0. The Morgan fingerprint density at radius 1 is 1.44 bits per heavy atom.